The van der Waals surface area contributed by atoms with E-state index in [0.717, 1.165) is 49.3 Å². The fourth-order valence-corrected chi connectivity index (χ4v) is 4.26. The molecule has 0 bridgehead atoms. The van der Waals surface area contributed by atoms with Crippen LogP contribution < -0.4 is 10.5 Å². The van der Waals surface area contributed by atoms with Crippen LogP contribution >= 0.6 is 0 Å². The number of aromatic nitrogens is 1. The van der Waals surface area contributed by atoms with Crippen molar-refractivity contribution in [3.63, 3.8) is 0 Å². The Morgan fingerprint density at radius 2 is 1.43 bits per heavy atom. The quantitative estimate of drug-likeness (QED) is 0.552. The highest BCUT2D eigenvalue weighted by Crippen LogP contribution is 2.25. The molecule has 30 heavy (non-hydrogen) atoms. The first-order chi connectivity index (χ1) is 14.8. The average Bonchev–Trinajstić information content (AvgIpc) is 2.80. The molecule has 2 heterocycles. The number of piperazine rings is 1. The second-order valence-electron chi connectivity index (χ2n) is 7.89. The summed E-state index contributed by atoms with van der Waals surface area (Å²) in [6.45, 7) is 4.90. The van der Waals surface area contributed by atoms with E-state index in [2.05, 4.69) is 75.4 Å². The number of aromatic amines is 1. The third-order valence-corrected chi connectivity index (χ3v) is 5.92. The van der Waals surface area contributed by atoms with Gasteiger partial charge in [-0.15, -0.1) is 0 Å². The summed E-state index contributed by atoms with van der Waals surface area (Å²) in [5.41, 5.74) is 5.87. The molecule has 0 amide bonds. The molecule has 5 rings (SSSR count). The Bertz CT molecular complexity index is 1190. The van der Waals surface area contributed by atoms with E-state index in [0.29, 0.717) is 0 Å². The number of para-hydroxylation sites is 1. The summed E-state index contributed by atoms with van der Waals surface area (Å²) in [6, 6.07) is 29.1. The van der Waals surface area contributed by atoms with Crippen LogP contribution in [-0.2, 0) is 6.54 Å². The molecule has 1 N–H and O–H groups in total. The third-order valence-electron chi connectivity index (χ3n) is 5.92. The van der Waals surface area contributed by atoms with Crippen LogP contribution in [0.5, 0.6) is 0 Å². The summed E-state index contributed by atoms with van der Waals surface area (Å²) in [4.78, 5) is 19.7. The fraction of sp³-hybridized carbons (Fsp3) is 0.192. The molecule has 3 aromatic carbocycles. The number of H-pyrrole nitrogens is 1. The Morgan fingerprint density at radius 1 is 0.700 bits per heavy atom. The summed E-state index contributed by atoms with van der Waals surface area (Å²) < 4.78 is 0. The van der Waals surface area contributed by atoms with Gasteiger partial charge in [0.15, 0.2) is 0 Å². The lowest BCUT2D eigenvalue weighted by atomic mass is 10.0. The van der Waals surface area contributed by atoms with E-state index in [-0.39, 0.29) is 5.56 Å². The van der Waals surface area contributed by atoms with Crippen molar-refractivity contribution in [2.75, 3.05) is 31.1 Å². The first-order valence-electron chi connectivity index (χ1n) is 10.5. The number of hydrogen-bond donors (Lipinski definition) is 1. The van der Waals surface area contributed by atoms with Gasteiger partial charge < -0.3 is 9.88 Å². The fourth-order valence-electron chi connectivity index (χ4n) is 4.26. The highest BCUT2D eigenvalue weighted by Gasteiger charge is 2.19. The van der Waals surface area contributed by atoms with Crippen molar-refractivity contribution in [1.29, 1.82) is 0 Å². The summed E-state index contributed by atoms with van der Waals surface area (Å²) in [5.74, 6) is 0. The maximum Gasteiger partial charge on any atom is 0.248 e. The number of nitrogens with zero attached hydrogens (tertiary/aromatic N) is 2. The molecule has 0 unspecified atom stereocenters. The molecule has 4 heteroatoms. The maximum atomic E-state index is 11.8. The number of pyridine rings is 1. The van der Waals surface area contributed by atoms with E-state index < -0.39 is 0 Å². The smallest absolute Gasteiger partial charge is 0.248 e. The highest BCUT2D eigenvalue weighted by molar-refractivity contribution is 5.90. The minimum Gasteiger partial charge on any atom is -0.367 e. The van der Waals surface area contributed by atoms with Crippen LogP contribution in [0.15, 0.2) is 89.7 Å². The van der Waals surface area contributed by atoms with Gasteiger partial charge in [-0.3, -0.25) is 9.69 Å². The Balaban J connectivity index is 1.25. The summed E-state index contributed by atoms with van der Waals surface area (Å²) >= 11 is 0. The van der Waals surface area contributed by atoms with Gasteiger partial charge in [-0.25, -0.2) is 0 Å². The molecule has 4 nitrogen and oxygen atoms in total. The largest absolute Gasteiger partial charge is 0.367 e. The van der Waals surface area contributed by atoms with Gasteiger partial charge in [0, 0.05) is 44.2 Å². The molecule has 0 saturated carbocycles. The van der Waals surface area contributed by atoms with Gasteiger partial charge in [-0.2, -0.15) is 0 Å². The van der Waals surface area contributed by atoms with E-state index in [9.17, 15) is 4.79 Å². The lowest BCUT2D eigenvalue weighted by Gasteiger charge is -2.36. The van der Waals surface area contributed by atoms with Crippen LogP contribution in [0.3, 0.4) is 0 Å². The zero-order valence-corrected chi connectivity index (χ0v) is 16.9. The van der Waals surface area contributed by atoms with Crippen molar-refractivity contribution in [3.05, 3.63) is 101 Å². The van der Waals surface area contributed by atoms with Gasteiger partial charge in [-0.05, 0) is 28.8 Å². The molecule has 0 spiro atoms. The zero-order valence-electron chi connectivity index (χ0n) is 16.9. The van der Waals surface area contributed by atoms with Crippen molar-refractivity contribution < 1.29 is 0 Å². The van der Waals surface area contributed by atoms with E-state index in [4.69, 9.17) is 0 Å². The third kappa shape index (κ3) is 3.87. The molecule has 4 aromatic rings. The van der Waals surface area contributed by atoms with Crippen LogP contribution in [0, 0.1) is 0 Å². The van der Waals surface area contributed by atoms with Crippen LogP contribution in [0.2, 0.25) is 0 Å². The number of hydrogen-bond acceptors (Lipinski definition) is 3. The first-order valence-corrected chi connectivity index (χ1v) is 10.5. The molecule has 1 saturated heterocycles. The minimum atomic E-state index is -0.0486. The Labute approximate surface area is 176 Å². The molecular weight excluding hydrogens is 370 g/mol. The van der Waals surface area contributed by atoms with Crippen LogP contribution in [-0.4, -0.2) is 36.1 Å². The van der Waals surface area contributed by atoms with Crippen LogP contribution in [0.25, 0.3) is 22.0 Å². The van der Waals surface area contributed by atoms with E-state index >= 15 is 0 Å². The Morgan fingerprint density at radius 3 is 2.20 bits per heavy atom. The van der Waals surface area contributed by atoms with Crippen molar-refractivity contribution in [2.24, 2.45) is 0 Å². The number of fused-ring (bicyclic) bond motifs is 1. The second kappa shape index (κ2) is 8.17. The molecule has 0 atom stereocenters. The van der Waals surface area contributed by atoms with Gasteiger partial charge in [-0.1, -0.05) is 66.7 Å². The number of anilines is 1. The number of benzene rings is 3. The molecule has 0 aliphatic carbocycles. The summed E-state index contributed by atoms with van der Waals surface area (Å²) in [5, 5.41) is 1.08. The van der Waals surface area contributed by atoms with Gasteiger partial charge in [0.2, 0.25) is 5.56 Å². The molecule has 0 radical (unpaired) electrons. The molecule has 1 aromatic heterocycles. The van der Waals surface area contributed by atoms with Gasteiger partial charge in [0.05, 0.1) is 11.2 Å². The standard InChI is InChI=1S/C26H25N3O/c30-25-14-13-23-7-4-8-24(26(23)27-25)29-17-15-28(16-18-29)19-20-9-11-22(12-10-20)21-5-2-1-3-6-21/h1-14H,15-19H2,(H,27,30). The average molecular weight is 396 g/mol. The van der Waals surface area contributed by atoms with Gasteiger partial charge in [0.25, 0.3) is 0 Å². The topological polar surface area (TPSA) is 39.3 Å². The second-order valence-corrected chi connectivity index (χ2v) is 7.89. The number of rotatable bonds is 4. The van der Waals surface area contributed by atoms with Gasteiger partial charge in [0.1, 0.15) is 0 Å². The lowest BCUT2D eigenvalue weighted by molar-refractivity contribution is 0.250. The number of nitrogens with one attached hydrogen (secondary N) is 1. The van der Waals surface area contributed by atoms with Crippen molar-refractivity contribution in [2.45, 2.75) is 6.54 Å². The predicted molar refractivity (Wildman–Crippen MR) is 124 cm³/mol. The van der Waals surface area contributed by atoms with Crippen LogP contribution in [0.4, 0.5) is 5.69 Å². The van der Waals surface area contributed by atoms with E-state index in [1.54, 1.807) is 6.07 Å². The molecule has 1 aliphatic rings. The monoisotopic (exact) mass is 395 g/mol. The molecule has 1 aliphatic heterocycles. The first kappa shape index (κ1) is 18.6. The van der Waals surface area contributed by atoms with E-state index in [1.165, 1.54) is 16.7 Å². The van der Waals surface area contributed by atoms with E-state index in [1.807, 2.05) is 18.2 Å². The highest BCUT2D eigenvalue weighted by atomic mass is 16.1. The van der Waals surface area contributed by atoms with Crippen molar-refractivity contribution in [1.82, 2.24) is 9.88 Å². The predicted octanol–water partition coefficient (Wildman–Crippen LogP) is 4.52. The van der Waals surface area contributed by atoms with Crippen molar-refractivity contribution in [3.8, 4) is 11.1 Å². The normalized spacial score (nSPS) is 14.9. The maximum absolute atomic E-state index is 11.8. The van der Waals surface area contributed by atoms with Crippen LogP contribution in [0.1, 0.15) is 5.56 Å². The molecule has 150 valence electrons. The molecule has 1 fully saturated rings. The summed E-state index contributed by atoms with van der Waals surface area (Å²) in [6.07, 6.45) is 0. The lowest BCUT2D eigenvalue weighted by Crippen LogP contribution is -2.46. The van der Waals surface area contributed by atoms with Gasteiger partial charge >= 0.3 is 0 Å². The Hall–Kier alpha value is -3.37. The SMILES string of the molecule is O=c1ccc2cccc(N3CCN(Cc4ccc(-c5ccccc5)cc4)CC3)c2[nH]1. The minimum absolute atomic E-state index is 0.0486. The van der Waals surface area contributed by atoms with Crippen molar-refractivity contribution >= 4 is 16.6 Å². The zero-order chi connectivity index (χ0) is 20.3. The molecular formula is C26H25N3O. The Kier molecular flexibility index (Phi) is 5.08. The summed E-state index contributed by atoms with van der Waals surface area (Å²) in [7, 11) is 0.